The van der Waals surface area contributed by atoms with Gasteiger partial charge in [-0.15, -0.1) is 0 Å². The third-order valence-corrected chi connectivity index (χ3v) is 6.21. The lowest BCUT2D eigenvalue weighted by molar-refractivity contribution is -0.131. The molecule has 2 heterocycles. The number of nitrogens with zero attached hydrogens (tertiary/aromatic N) is 2. The van der Waals surface area contributed by atoms with Crippen LogP contribution in [0.2, 0.25) is 0 Å². The SMILES string of the molecule is Cc1cccc(-c2ccc3c(c2)[C@]2(CCCCOCCO3)N=C(N)N(C)C2=O)c1C. The highest BCUT2D eigenvalue weighted by Crippen LogP contribution is 2.44. The molecule has 0 unspecified atom stereocenters. The van der Waals surface area contributed by atoms with Crippen LogP contribution in [0.3, 0.4) is 0 Å². The number of aliphatic imine (C=N–C) groups is 1. The van der Waals surface area contributed by atoms with Gasteiger partial charge in [0, 0.05) is 19.2 Å². The van der Waals surface area contributed by atoms with Gasteiger partial charge < -0.3 is 15.2 Å². The summed E-state index contributed by atoms with van der Waals surface area (Å²) in [6.07, 6.45) is 2.23. The molecule has 0 aromatic heterocycles. The normalized spacial score (nSPS) is 22.3. The van der Waals surface area contributed by atoms with E-state index in [1.807, 2.05) is 12.1 Å². The quantitative estimate of drug-likeness (QED) is 0.785. The number of carbonyl (C=O) groups is 1. The van der Waals surface area contributed by atoms with E-state index in [2.05, 4.69) is 38.1 Å². The van der Waals surface area contributed by atoms with Crippen molar-refractivity contribution in [2.45, 2.75) is 38.6 Å². The van der Waals surface area contributed by atoms with Gasteiger partial charge in [0.15, 0.2) is 11.5 Å². The first-order valence-corrected chi connectivity index (χ1v) is 10.5. The Morgan fingerprint density at radius 1 is 1.10 bits per heavy atom. The molecule has 1 spiro atoms. The molecule has 0 saturated carbocycles. The van der Waals surface area contributed by atoms with E-state index >= 15 is 0 Å². The monoisotopic (exact) mass is 407 g/mol. The number of hydrogen-bond donors (Lipinski definition) is 1. The zero-order chi connectivity index (χ0) is 21.3. The fourth-order valence-electron chi connectivity index (χ4n) is 4.28. The van der Waals surface area contributed by atoms with Gasteiger partial charge in [-0.25, -0.2) is 4.99 Å². The average molecular weight is 408 g/mol. The number of aryl methyl sites for hydroxylation is 1. The number of ether oxygens (including phenoxy) is 2. The molecule has 6 nitrogen and oxygen atoms in total. The lowest BCUT2D eigenvalue weighted by Crippen LogP contribution is -2.40. The highest BCUT2D eigenvalue weighted by atomic mass is 16.5. The first-order valence-electron chi connectivity index (χ1n) is 10.5. The molecule has 2 N–H and O–H groups in total. The Bertz CT molecular complexity index is 1000. The minimum atomic E-state index is -1.06. The Balaban J connectivity index is 1.91. The number of carbonyl (C=O) groups excluding carboxylic acids is 1. The summed E-state index contributed by atoms with van der Waals surface area (Å²) < 4.78 is 11.7. The highest BCUT2D eigenvalue weighted by Gasteiger charge is 2.49. The van der Waals surface area contributed by atoms with Crippen molar-refractivity contribution in [3.05, 3.63) is 53.1 Å². The standard InChI is InChI=1S/C24H29N3O3/c1-16-7-6-8-19(17(16)2)18-9-10-21-20(15-18)24(22(28)27(3)23(25)26-24)11-4-5-12-29-13-14-30-21/h6-10,15H,4-5,11-14H2,1-3H3,(H2,25,26)/t24-/m0/s1. The maximum atomic E-state index is 13.4. The Kier molecular flexibility index (Phi) is 5.52. The summed E-state index contributed by atoms with van der Waals surface area (Å²) in [5.74, 6) is 0.798. The van der Waals surface area contributed by atoms with Crippen LogP contribution in [0.4, 0.5) is 0 Å². The Hall–Kier alpha value is -2.86. The number of guanidine groups is 1. The zero-order valence-electron chi connectivity index (χ0n) is 17.9. The summed E-state index contributed by atoms with van der Waals surface area (Å²) in [6.45, 7) is 5.82. The van der Waals surface area contributed by atoms with Gasteiger partial charge in [-0.2, -0.15) is 0 Å². The van der Waals surface area contributed by atoms with Crippen molar-refractivity contribution in [3.8, 4) is 16.9 Å². The molecule has 2 aliphatic heterocycles. The zero-order valence-corrected chi connectivity index (χ0v) is 17.9. The predicted octanol–water partition coefficient (Wildman–Crippen LogP) is 3.53. The van der Waals surface area contributed by atoms with Gasteiger partial charge in [-0.1, -0.05) is 24.3 Å². The van der Waals surface area contributed by atoms with Crippen LogP contribution in [0.5, 0.6) is 5.75 Å². The molecule has 2 aliphatic rings. The van der Waals surface area contributed by atoms with E-state index in [-0.39, 0.29) is 11.9 Å². The van der Waals surface area contributed by atoms with Crippen LogP contribution in [0.1, 0.15) is 36.0 Å². The Morgan fingerprint density at radius 3 is 2.70 bits per heavy atom. The van der Waals surface area contributed by atoms with Crippen LogP contribution in [0.15, 0.2) is 41.4 Å². The molecule has 30 heavy (non-hydrogen) atoms. The molecular formula is C24H29N3O3. The van der Waals surface area contributed by atoms with Gasteiger partial charge in [0.05, 0.1) is 6.61 Å². The number of fused-ring (bicyclic) bond motifs is 2. The summed E-state index contributed by atoms with van der Waals surface area (Å²) in [5, 5.41) is 0. The molecule has 0 aliphatic carbocycles. The molecule has 158 valence electrons. The van der Waals surface area contributed by atoms with Gasteiger partial charge in [0.25, 0.3) is 5.91 Å². The van der Waals surface area contributed by atoms with Crippen LogP contribution < -0.4 is 10.5 Å². The number of nitrogens with two attached hydrogens (primary N) is 1. The molecule has 6 heteroatoms. The second kappa shape index (κ2) is 8.11. The van der Waals surface area contributed by atoms with Gasteiger partial charge in [-0.3, -0.25) is 9.69 Å². The molecule has 1 amide bonds. The van der Waals surface area contributed by atoms with Crippen LogP contribution in [-0.2, 0) is 15.1 Å². The van der Waals surface area contributed by atoms with E-state index in [1.165, 1.54) is 16.0 Å². The second-order valence-corrected chi connectivity index (χ2v) is 8.07. The topological polar surface area (TPSA) is 77.2 Å². The predicted molar refractivity (Wildman–Crippen MR) is 118 cm³/mol. The minimum Gasteiger partial charge on any atom is -0.491 e. The third kappa shape index (κ3) is 3.45. The largest absolute Gasteiger partial charge is 0.491 e. The minimum absolute atomic E-state index is 0.108. The van der Waals surface area contributed by atoms with Crippen molar-refractivity contribution in [2.75, 3.05) is 26.9 Å². The number of amides is 1. The molecule has 4 rings (SSSR count). The molecule has 0 radical (unpaired) electrons. The molecule has 0 saturated heterocycles. The van der Waals surface area contributed by atoms with Crippen molar-refractivity contribution in [3.63, 3.8) is 0 Å². The smallest absolute Gasteiger partial charge is 0.261 e. The summed E-state index contributed by atoms with van der Waals surface area (Å²) in [7, 11) is 1.68. The first kappa shape index (κ1) is 20.4. The number of likely N-dealkylation sites (N-methyl/N-ethyl adjacent to an activating group) is 1. The summed E-state index contributed by atoms with van der Waals surface area (Å²) >= 11 is 0. The van der Waals surface area contributed by atoms with Crippen LogP contribution >= 0.6 is 0 Å². The second-order valence-electron chi connectivity index (χ2n) is 8.07. The van der Waals surface area contributed by atoms with E-state index in [0.717, 1.165) is 29.5 Å². The maximum Gasteiger partial charge on any atom is 0.261 e. The molecule has 2 aromatic rings. The van der Waals surface area contributed by atoms with E-state index in [4.69, 9.17) is 20.2 Å². The fourth-order valence-corrected chi connectivity index (χ4v) is 4.28. The van der Waals surface area contributed by atoms with Crippen molar-refractivity contribution in [1.82, 2.24) is 4.90 Å². The summed E-state index contributed by atoms with van der Waals surface area (Å²) in [6, 6.07) is 12.3. The number of rotatable bonds is 1. The highest BCUT2D eigenvalue weighted by molar-refractivity contribution is 6.07. The van der Waals surface area contributed by atoms with Gasteiger partial charge >= 0.3 is 0 Å². The maximum absolute atomic E-state index is 13.4. The van der Waals surface area contributed by atoms with Crippen LogP contribution in [0.25, 0.3) is 11.1 Å². The van der Waals surface area contributed by atoms with E-state index in [9.17, 15) is 4.79 Å². The van der Waals surface area contributed by atoms with E-state index in [1.54, 1.807) is 7.05 Å². The van der Waals surface area contributed by atoms with Crippen molar-refractivity contribution < 1.29 is 14.3 Å². The van der Waals surface area contributed by atoms with Gasteiger partial charge in [-0.05, 0) is 67.5 Å². The lowest BCUT2D eigenvalue weighted by Gasteiger charge is -2.28. The van der Waals surface area contributed by atoms with Gasteiger partial charge in [0.2, 0.25) is 0 Å². The lowest BCUT2D eigenvalue weighted by atomic mass is 9.82. The Labute approximate surface area is 177 Å². The molecule has 0 bridgehead atoms. The molecule has 1 atom stereocenters. The van der Waals surface area contributed by atoms with Crippen molar-refractivity contribution >= 4 is 11.9 Å². The van der Waals surface area contributed by atoms with Gasteiger partial charge in [0.1, 0.15) is 12.4 Å². The first-order chi connectivity index (χ1) is 14.4. The number of benzene rings is 2. The van der Waals surface area contributed by atoms with Crippen LogP contribution in [0, 0.1) is 13.8 Å². The Morgan fingerprint density at radius 2 is 1.93 bits per heavy atom. The summed E-state index contributed by atoms with van der Waals surface area (Å²) in [4.78, 5) is 19.6. The van der Waals surface area contributed by atoms with Crippen molar-refractivity contribution in [1.29, 1.82) is 0 Å². The van der Waals surface area contributed by atoms with Crippen LogP contribution in [-0.4, -0.2) is 43.6 Å². The summed E-state index contributed by atoms with van der Waals surface area (Å²) in [5.41, 5.74) is 10.4. The van der Waals surface area contributed by atoms with Crippen molar-refractivity contribution in [2.24, 2.45) is 10.7 Å². The molecular weight excluding hydrogens is 378 g/mol. The average Bonchev–Trinajstić information content (AvgIpc) is 2.94. The number of hydrogen-bond acceptors (Lipinski definition) is 5. The van der Waals surface area contributed by atoms with E-state index in [0.29, 0.717) is 32.0 Å². The molecule has 2 aromatic carbocycles. The fraction of sp³-hybridized carbons (Fsp3) is 0.417. The van der Waals surface area contributed by atoms with E-state index < -0.39 is 5.54 Å². The third-order valence-electron chi connectivity index (χ3n) is 6.21. The molecule has 0 fully saturated rings.